The van der Waals surface area contributed by atoms with Crippen LogP contribution in [-0.2, 0) is 18.4 Å². The first-order valence-corrected chi connectivity index (χ1v) is 10.4. The molecule has 28 heavy (non-hydrogen) atoms. The molecule has 0 saturated carbocycles. The van der Waals surface area contributed by atoms with Crippen LogP contribution in [-0.4, -0.2) is 36.1 Å². The van der Waals surface area contributed by atoms with E-state index >= 15 is 0 Å². The molecule has 1 atom stereocenters. The van der Waals surface area contributed by atoms with Gasteiger partial charge in [0, 0.05) is 7.05 Å². The molecule has 0 radical (unpaired) electrons. The molecule has 3 rings (SSSR count). The Labute approximate surface area is 171 Å². The first-order chi connectivity index (χ1) is 13.3. The number of aryl methyl sites for hydroxylation is 3. The minimum absolute atomic E-state index is 0.155. The van der Waals surface area contributed by atoms with Crippen molar-refractivity contribution in [1.29, 1.82) is 0 Å². The molecule has 8 nitrogen and oxygen atoms in total. The van der Waals surface area contributed by atoms with E-state index in [2.05, 4.69) is 25.7 Å². The van der Waals surface area contributed by atoms with E-state index in [1.165, 1.54) is 23.1 Å². The number of ether oxygens (including phenoxy) is 1. The van der Waals surface area contributed by atoms with E-state index in [-0.39, 0.29) is 11.2 Å². The number of nitrogens with one attached hydrogen (secondary N) is 1. The molecule has 0 aliphatic carbocycles. The Kier molecular flexibility index (Phi) is 6.30. The second-order valence-corrected chi connectivity index (χ2v) is 8.83. The van der Waals surface area contributed by atoms with Crippen LogP contribution in [0.5, 0.6) is 5.75 Å². The minimum atomic E-state index is -0.362. The van der Waals surface area contributed by atoms with Gasteiger partial charge in [-0.15, -0.1) is 20.4 Å². The maximum absolute atomic E-state index is 12.4. The van der Waals surface area contributed by atoms with Crippen molar-refractivity contribution in [2.45, 2.75) is 44.7 Å². The molecule has 0 spiro atoms. The van der Waals surface area contributed by atoms with E-state index in [0.717, 1.165) is 21.9 Å². The van der Waals surface area contributed by atoms with Crippen molar-refractivity contribution in [2.24, 2.45) is 7.05 Å². The zero-order valence-corrected chi connectivity index (χ0v) is 18.0. The zero-order chi connectivity index (χ0) is 20.3. The highest BCUT2D eigenvalue weighted by Crippen LogP contribution is 2.25. The van der Waals surface area contributed by atoms with Gasteiger partial charge < -0.3 is 9.30 Å². The molecule has 0 fully saturated rings. The van der Waals surface area contributed by atoms with Gasteiger partial charge in [-0.1, -0.05) is 41.3 Å². The van der Waals surface area contributed by atoms with Crippen LogP contribution in [0.3, 0.4) is 0 Å². The van der Waals surface area contributed by atoms with E-state index < -0.39 is 0 Å². The Balaban J connectivity index is 1.61. The molecule has 2 heterocycles. The van der Waals surface area contributed by atoms with E-state index in [1.54, 1.807) is 0 Å². The highest BCUT2D eigenvalue weighted by atomic mass is 32.2. The van der Waals surface area contributed by atoms with Gasteiger partial charge in [-0.25, -0.2) is 0 Å². The number of rotatable bonds is 7. The Morgan fingerprint density at radius 3 is 2.57 bits per heavy atom. The number of thioether (sulfide) groups is 1. The topological polar surface area (TPSA) is 94.8 Å². The number of para-hydroxylation sites is 1. The molecule has 10 heteroatoms. The number of hydrogen-bond acceptors (Lipinski definition) is 8. The summed E-state index contributed by atoms with van der Waals surface area (Å²) in [6, 6.07) is 6.03. The van der Waals surface area contributed by atoms with Gasteiger partial charge in [0.15, 0.2) is 11.0 Å². The van der Waals surface area contributed by atoms with Crippen molar-refractivity contribution in [3.05, 3.63) is 40.2 Å². The Morgan fingerprint density at radius 1 is 1.21 bits per heavy atom. The summed E-state index contributed by atoms with van der Waals surface area (Å²) in [5.74, 6) is 1.40. The minimum Gasteiger partial charge on any atom is -0.485 e. The van der Waals surface area contributed by atoms with Crippen molar-refractivity contribution >= 4 is 34.1 Å². The molecular formula is C18H22N6O2S2. The average molecular weight is 419 g/mol. The lowest BCUT2D eigenvalue weighted by Crippen LogP contribution is -2.22. The van der Waals surface area contributed by atoms with Gasteiger partial charge >= 0.3 is 0 Å². The molecule has 0 saturated heterocycles. The predicted octanol–water partition coefficient (Wildman–Crippen LogP) is 3.29. The molecule has 2 aromatic heterocycles. The Hall–Kier alpha value is -2.46. The normalized spacial score (nSPS) is 12.0. The van der Waals surface area contributed by atoms with E-state index in [9.17, 15) is 4.79 Å². The lowest BCUT2D eigenvalue weighted by atomic mass is 10.1. The highest BCUT2D eigenvalue weighted by molar-refractivity contribution is 8.00. The smallest absolute Gasteiger partial charge is 0.239 e. The molecule has 1 aromatic carbocycles. The average Bonchev–Trinajstić information content (AvgIpc) is 3.21. The number of carbonyl (C=O) groups excluding carboxylic acids is 1. The summed E-state index contributed by atoms with van der Waals surface area (Å²) in [6.45, 7) is 7.99. The van der Waals surface area contributed by atoms with Crippen LogP contribution in [0.15, 0.2) is 23.4 Å². The van der Waals surface area contributed by atoms with Gasteiger partial charge in [0.25, 0.3) is 0 Å². The number of amides is 1. The highest BCUT2D eigenvalue weighted by Gasteiger charge is 2.20. The molecule has 0 aliphatic rings. The SMILES string of the molecule is Cc1nnc(NC(=O)C(C)Sc2nnc(COc3c(C)cccc3C)n2C)s1. The lowest BCUT2D eigenvalue weighted by molar-refractivity contribution is -0.115. The molecule has 148 valence electrons. The molecular weight excluding hydrogens is 396 g/mol. The summed E-state index contributed by atoms with van der Waals surface area (Å²) >= 11 is 2.67. The first kappa shape index (κ1) is 20.3. The fourth-order valence-corrected chi connectivity index (χ4v) is 3.93. The fraction of sp³-hybridized carbons (Fsp3) is 0.389. The molecule has 0 bridgehead atoms. The number of hydrogen-bond donors (Lipinski definition) is 1. The Morgan fingerprint density at radius 2 is 1.93 bits per heavy atom. The van der Waals surface area contributed by atoms with Crippen LogP contribution in [0.4, 0.5) is 5.13 Å². The summed E-state index contributed by atoms with van der Waals surface area (Å²) in [6.07, 6.45) is 0. The van der Waals surface area contributed by atoms with E-state index in [1.807, 2.05) is 57.5 Å². The molecule has 1 unspecified atom stereocenters. The van der Waals surface area contributed by atoms with Crippen LogP contribution in [0.2, 0.25) is 0 Å². The molecule has 1 N–H and O–H groups in total. The standard InChI is InChI=1S/C18H22N6O2S2/c1-10-7-6-8-11(2)15(10)26-9-14-21-23-18(24(14)5)27-12(3)16(25)19-17-22-20-13(4)28-17/h6-8,12H,9H2,1-5H3,(H,19,22,25). The van der Waals surface area contributed by atoms with Crippen LogP contribution < -0.4 is 10.1 Å². The largest absolute Gasteiger partial charge is 0.485 e. The van der Waals surface area contributed by atoms with Gasteiger partial charge in [-0.2, -0.15) is 0 Å². The van der Waals surface area contributed by atoms with Crippen molar-refractivity contribution in [1.82, 2.24) is 25.0 Å². The number of benzene rings is 1. The monoisotopic (exact) mass is 418 g/mol. The third kappa shape index (κ3) is 4.68. The third-order valence-corrected chi connectivity index (χ3v) is 5.98. The van der Waals surface area contributed by atoms with Crippen molar-refractivity contribution in [3.8, 4) is 5.75 Å². The quantitative estimate of drug-likeness (QED) is 0.588. The van der Waals surface area contributed by atoms with Crippen molar-refractivity contribution in [2.75, 3.05) is 5.32 Å². The van der Waals surface area contributed by atoms with Crippen LogP contribution in [0.25, 0.3) is 0 Å². The number of aromatic nitrogens is 5. The van der Waals surface area contributed by atoms with Gasteiger partial charge in [0.1, 0.15) is 17.4 Å². The third-order valence-electron chi connectivity index (χ3n) is 4.09. The van der Waals surface area contributed by atoms with E-state index in [0.29, 0.717) is 22.7 Å². The first-order valence-electron chi connectivity index (χ1n) is 8.70. The van der Waals surface area contributed by atoms with Crippen molar-refractivity contribution in [3.63, 3.8) is 0 Å². The number of nitrogens with zero attached hydrogens (tertiary/aromatic N) is 5. The van der Waals surface area contributed by atoms with Gasteiger partial charge in [0.05, 0.1) is 5.25 Å². The predicted molar refractivity (Wildman–Crippen MR) is 110 cm³/mol. The summed E-state index contributed by atoms with van der Waals surface area (Å²) in [5.41, 5.74) is 2.16. The lowest BCUT2D eigenvalue weighted by Gasteiger charge is -2.12. The maximum Gasteiger partial charge on any atom is 0.239 e. The summed E-state index contributed by atoms with van der Waals surface area (Å²) in [7, 11) is 1.87. The number of carbonyl (C=O) groups is 1. The fourth-order valence-electron chi connectivity index (χ4n) is 2.50. The second kappa shape index (κ2) is 8.70. The number of anilines is 1. The molecule has 1 amide bonds. The second-order valence-electron chi connectivity index (χ2n) is 6.34. The summed E-state index contributed by atoms with van der Waals surface area (Å²) in [5, 5.41) is 20.6. The molecule has 0 aliphatic heterocycles. The van der Waals surface area contributed by atoms with Crippen LogP contribution in [0.1, 0.15) is 28.9 Å². The van der Waals surface area contributed by atoms with E-state index in [4.69, 9.17) is 4.74 Å². The zero-order valence-electron chi connectivity index (χ0n) is 16.4. The van der Waals surface area contributed by atoms with Crippen LogP contribution >= 0.6 is 23.1 Å². The molecule has 3 aromatic rings. The maximum atomic E-state index is 12.4. The van der Waals surface area contributed by atoms with Gasteiger partial charge in [0.2, 0.25) is 11.0 Å². The van der Waals surface area contributed by atoms with Crippen LogP contribution in [0, 0.1) is 20.8 Å². The van der Waals surface area contributed by atoms with Gasteiger partial charge in [-0.05, 0) is 38.8 Å². The van der Waals surface area contributed by atoms with Crippen molar-refractivity contribution < 1.29 is 9.53 Å². The Bertz CT molecular complexity index is 964. The summed E-state index contributed by atoms with van der Waals surface area (Å²) in [4.78, 5) is 12.4. The summed E-state index contributed by atoms with van der Waals surface area (Å²) < 4.78 is 7.80. The van der Waals surface area contributed by atoms with Gasteiger partial charge in [-0.3, -0.25) is 10.1 Å².